The first-order valence-corrected chi connectivity index (χ1v) is 6.62. The van der Waals surface area contributed by atoms with E-state index in [1.807, 2.05) is 0 Å². The maximum atomic E-state index is 12.0. The maximum absolute atomic E-state index is 12.0. The van der Waals surface area contributed by atoms with Gasteiger partial charge in [-0.1, -0.05) is 19.3 Å². The van der Waals surface area contributed by atoms with Crippen molar-refractivity contribution in [2.45, 2.75) is 38.1 Å². The SMILES string of the molecule is O=C(N[C@@H](C(=O)O)C1CCCCC1)c1cccnc1. The average Bonchev–Trinajstić information content (AvgIpc) is 2.46. The highest BCUT2D eigenvalue weighted by Gasteiger charge is 2.30. The summed E-state index contributed by atoms with van der Waals surface area (Å²) in [7, 11) is 0. The molecule has 102 valence electrons. The molecule has 1 aliphatic carbocycles. The number of carbonyl (C=O) groups is 2. The molecule has 0 spiro atoms. The molecule has 1 fully saturated rings. The van der Waals surface area contributed by atoms with Gasteiger partial charge in [-0.15, -0.1) is 0 Å². The van der Waals surface area contributed by atoms with Gasteiger partial charge in [0.2, 0.25) is 0 Å². The van der Waals surface area contributed by atoms with Gasteiger partial charge in [-0.2, -0.15) is 0 Å². The highest BCUT2D eigenvalue weighted by atomic mass is 16.4. The second-order valence-electron chi connectivity index (χ2n) is 4.93. The molecule has 1 saturated carbocycles. The summed E-state index contributed by atoms with van der Waals surface area (Å²) in [5.41, 5.74) is 0.393. The van der Waals surface area contributed by atoms with E-state index in [0.29, 0.717) is 5.56 Å². The molecule has 5 nitrogen and oxygen atoms in total. The zero-order valence-electron chi connectivity index (χ0n) is 10.7. The van der Waals surface area contributed by atoms with Crippen molar-refractivity contribution < 1.29 is 14.7 Å². The topological polar surface area (TPSA) is 79.3 Å². The molecule has 1 amide bonds. The quantitative estimate of drug-likeness (QED) is 0.867. The van der Waals surface area contributed by atoms with E-state index in [1.165, 1.54) is 6.20 Å². The molecule has 0 aromatic carbocycles. The minimum atomic E-state index is -0.954. The van der Waals surface area contributed by atoms with E-state index in [0.717, 1.165) is 32.1 Å². The summed E-state index contributed by atoms with van der Waals surface area (Å²) in [6, 6.07) is 2.49. The number of amides is 1. The van der Waals surface area contributed by atoms with Crippen molar-refractivity contribution in [2.75, 3.05) is 0 Å². The number of carboxylic acids is 1. The standard InChI is InChI=1S/C14H18N2O3/c17-13(11-7-4-8-15-9-11)16-12(14(18)19)10-5-2-1-3-6-10/h4,7-10,12H,1-3,5-6H2,(H,16,17)(H,18,19)/t12-/m1/s1. The van der Waals surface area contributed by atoms with Crippen molar-refractivity contribution in [3.8, 4) is 0 Å². The average molecular weight is 262 g/mol. The molecule has 1 aliphatic rings. The number of hydrogen-bond acceptors (Lipinski definition) is 3. The monoisotopic (exact) mass is 262 g/mol. The molecule has 2 rings (SSSR count). The van der Waals surface area contributed by atoms with Crippen LogP contribution in [0, 0.1) is 5.92 Å². The third-order valence-corrected chi connectivity index (χ3v) is 3.60. The van der Waals surface area contributed by atoms with Gasteiger partial charge < -0.3 is 10.4 Å². The van der Waals surface area contributed by atoms with Gasteiger partial charge in [0.15, 0.2) is 0 Å². The Hall–Kier alpha value is -1.91. The van der Waals surface area contributed by atoms with Gasteiger partial charge >= 0.3 is 5.97 Å². The number of nitrogens with one attached hydrogen (secondary N) is 1. The number of nitrogens with zero attached hydrogens (tertiary/aromatic N) is 1. The first kappa shape index (κ1) is 13.5. The Labute approximate surface area is 112 Å². The molecule has 2 N–H and O–H groups in total. The summed E-state index contributed by atoms with van der Waals surface area (Å²) in [5, 5.41) is 11.9. The summed E-state index contributed by atoms with van der Waals surface area (Å²) in [6.07, 6.45) is 7.98. The number of pyridine rings is 1. The highest BCUT2D eigenvalue weighted by Crippen LogP contribution is 2.26. The smallest absolute Gasteiger partial charge is 0.326 e. The Balaban J connectivity index is 2.04. The highest BCUT2D eigenvalue weighted by molar-refractivity contribution is 5.96. The maximum Gasteiger partial charge on any atom is 0.326 e. The first-order chi connectivity index (χ1) is 9.18. The lowest BCUT2D eigenvalue weighted by molar-refractivity contribution is -0.141. The van der Waals surface area contributed by atoms with E-state index in [4.69, 9.17) is 0 Å². The van der Waals surface area contributed by atoms with E-state index in [1.54, 1.807) is 18.3 Å². The molecular weight excluding hydrogens is 244 g/mol. The molecule has 0 radical (unpaired) electrons. The minimum Gasteiger partial charge on any atom is -0.480 e. The molecule has 19 heavy (non-hydrogen) atoms. The fourth-order valence-corrected chi connectivity index (χ4v) is 2.57. The van der Waals surface area contributed by atoms with E-state index < -0.39 is 12.0 Å². The molecule has 0 aliphatic heterocycles. The summed E-state index contributed by atoms with van der Waals surface area (Å²) in [6.45, 7) is 0. The number of aliphatic carboxylic acids is 1. The number of rotatable bonds is 4. The Morgan fingerprint density at radius 3 is 2.63 bits per heavy atom. The van der Waals surface area contributed by atoms with E-state index >= 15 is 0 Å². The lowest BCUT2D eigenvalue weighted by atomic mass is 9.84. The van der Waals surface area contributed by atoms with Crippen LogP contribution in [-0.2, 0) is 4.79 Å². The second kappa shape index (κ2) is 6.31. The number of carbonyl (C=O) groups excluding carboxylic acids is 1. The Morgan fingerprint density at radius 1 is 1.32 bits per heavy atom. The summed E-state index contributed by atoms with van der Waals surface area (Å²) in [5.74, 6) is -1.29. The fraction of sp³-hybridized carbons (Fsp3) is 0.500. The lowest BCUT2D eigenvalue weighted by Crippen LogP contribution is -2.46. The van der Waals surface area contributed by atoms with Crippen LogP contribution in [-0.4, -0.2) is 28.0 Å². The van der Waals surface area contributed by atoms with E-state index in [2.05, 4.69) is 10.3 Å². The Kier molecular flexibility index (Phi) is 4.49. The molecule has 1 aromatic rings. The fourth-order valence-electron chi connectivity index (χ4n) is 2.57. The summed E-state index contributed by atoms with van der Waals surface area (Å²) < 4.78 is 0. The molecule has 1 heterocycles. The van der Waals surface area contributed by atoms with Crippen LogP contribution in [0.1, 0.15) is 42.5 Å². The third-order valence-electron chi connectivity index (χ3n) is 3.60. The van der Waals surface area contributed by atoms with Gasteiger partial charge in [-0.3, -0.25) is 9.78 Å². The largest absolute Gasteiger partial charge is 0.480 e. The molecule has 0 saturated heterocycles. The van der Waals surface area contributed by atoms with Gasteiger partial charge in [-0.05, 0) is 30.9 Å². The van der Waals surface area contributed by atoms with E-state index in [9.17, 15) is 14.7 Å². The van der Waals surface area contributed by atoms with Crippen LogP contribution in [0.25, 0.3) is 0 Å². The van der Waals surface area contributed by atoms with Crippen LogP contribution in [0.4, 0.5) is 0 Å². The Morgan fingerprint density at radius 2 is 2.05 bits per heavy atom. The van der Waals surface area contributed by atoms with Crippen LogP contribution >= 0.6 is 0 Å². The van der Waals surface area contributed by atoms with Gasteiger partial charge in [0.25, 0.3) is 5.91 Å². The molecular formula is C14H18N2O3. The Bertz CT molecular complexity index is 441. The molecule has 0 unspecified atom stereocenters. The molecule has 1 aromatic heterocycles. The van der Waals surface area contributed by atoms with Crippen molar-refractivity contribution >= 4 is 11.9 Å². The molecule has 5 heteroatoms. The first-order valence-electron chi connectivity index (χ1n) is 6.62. The van der Waals surface area contributed by atoms with Crippen molar-refractivity contribution in [1.29, 1.82) is 0 Å². The van der Waals surface area contributed by atoms with Crippen LogP contribution in [0.2, 0.25) is 0 Å². The van der Waals surface area contributed by atoms with Crippen LogP contribution in [0.15, 0.2) is 24.5 Å². The van der Waals surface area contributed by atoms with Crippen LogP contribution < -0.4 is 5.32 Å². The number of carboxylic acid groups (broad SMARTS) is 1. The van der Waals surface area contributed by atoms with Gasteiger partial charge in [0.1, 0.15) is 6.04 Å². The van der Waals surface area contributed by atoms with Crippen molar-refractivity contribution in [3.63, 3.8) is 0 Å². The van der Waals surface area contributed by atoms with Crippen molar-refractivity contribution in [2.24, 2.45) is 5.92 Å². The molecule has 1 atom stereocenters. The van der Waals surface area contributed by atoms with Crippen LogP contribution in [0.5, 0.6) is 0 Å². The zero-order valence-corrected chi connectivity index (χ0v) is 10.7. The van der Waals surface area contributed by atoms with E-state index in [-0.39, 0.29) is 11.8 Å². The molecule has 0 bridgehead atoms. The second-order valence-corrected chi connectivity index (χ2v) is 4.93. The van der Waals surface area contributed by atoms with Gasteiger partial charge in [0, 0.05) is 12.4 Å². The predicted octanol–water partition coefficient (Wildman–Crippen LogP) is 1.84. The third kappa shape index (κ3) is 3.53. The van der Waals surface area contributed by atoms with Crippen molar-refractivity contribution in [3.05, 3.63) is 30.1 Å². The number of hydrogen-bond donors (Lipinski definition) is 2. The summed E-state index contributed by atoms with van der Waals surface area (Å²) in [4.78, 5) is 27.2. The summed E-state index contributed by atoms with van der Waals surface area (Å²) >= 11 is 0. The lowest BCUT2D eigenvalue weighted by Gasteiger charge is -2.27. The van der Waals surface area contributed by atoms with Gasteiger partial charge in [-0.25, -0.2) is 4.79 Å². The van der Waals surface area contributed by atoms with Crippen LogP contribution in [0.3, 0.4) is 0 Å². The van der Waals surface area contributed by atoms with Gasteiger partial charge in [0.05, 0.1) is 5.56 Å². The van der Waals surface area contributed by atoms with Crippen molar-refractivity contribution in [1.82, 2.24) is 10.3 Å². The minimum absolute atomic E-state index is 0.0341. The number of aromatic nitrogens is 1. The predicted molar refractivity (Wildman–Crippen MR) is 69.7 cm³/mol. The zero-order chi connectivity index (χ0) is 13.7. The normalized spacial score (nSPS) is 17.7.